The monoisotopic (exact) mass is 443 g/mol. The maximum Gasteiger partial charge on any atom is 0.326 e. The number of aliphatic carboxylic acids is 1. The molecular formula is C20H27Cl2N3O4. The van der Waals surface area contributed by atoms with Gasteiger partial charge in [-0.3, -0.25) is 9.59 Å². The van der Waals surface area contributed by atoms with E-state index in [9.17, 15) is 19.5 Å². The van der Waals surface area contributed by atoms with Gasteiger partial charge in [0.2, 0.25) is 11.8 Å². The molecule has 3 atom stereocenters. The van der Waals surface area contributed by atoms with Crippen molar-refractivity contribution in [3.05, 3.63) is 34.9 Å². The first kappa shape index (κ1) is 23.4. The Kier molecular flexibility index (Phi) is 8.74. The number of carbonyl (C=O) groups is 3. The number of nitrogens with zero attached hydrogens (tertiary/aromatic N) is 1. The van der Waals surface area contributed by atoms with Crippen LogP contribution in [0, 0.1) is 0 Å². The van der Waals surface area contributed by atoms with Gasteiger partial charge in [-0.05, 0) is 49.9 Å². The minimum absolute atomic E-state index is 0. The van der Waals surface area contributed by atoms with E-state index < -0.39 is 12.0 Å². The zero-order valence-corrected chi connectivity index (χ0v) is 17.7. The number of nitrogens with one attached hydrogen (secondary N) is 2. The summed E-state index contributed by atoms with van der Waals surface area (Å²) in [5.41, 5.74) is 0.892. The van der Waals surface area contributed by atoms with Crippen molar-refractivity contribution in [2.24, 2.45) is 0 Å². The molecule has 1 aromatic carbocycles. The summed E-state index contributed by atoms with van der Waals surface area (Å²) >= 11 is 5.97. The molecule has 0 saturated carbocycles. The van der Waals surface area contributed by atoms with Gasteiger partial charge in [-0.2, -0.15) is 0 Å². The lowest BCUT2D eigenvalue weighted by molar-refractivity contribution is -0.148. The number of carboxylic acid groups (broad SMARTS) is 1. The van der Waals surface area contributed by atoms with Crippen LogP contribution in [0.1, 0.15) is 43.6 Å². The second-order valence-electron chi connectivity index (χ2n) is 7.43. The van der Waals surface area contributed by atoms with Crippen molar-refractivity contribution in [1.29, 1.82) is 0 Å². The van der Waals surface area contributed by atoms with Crippen LogP contribution < -0.4 is 10.6 Å². The third-order valence-electron chi connectivity index (χ3n) is 5.52. The first-order chi connectivity index (χ1) is 13.5. The minimum atomic E-state index is -0.963. The molecule has 7 nitrogen and oxygen atoms in total. The molecule has 0 spiro atoms. The maximum absolute atomic E-state index is 12.8. The normalized spacial score (nSPS) is 22.0. The van der Waals surface area contributed by atoms with Crippen LogP contribution >= 0.6 is 24.0 Å². The van der Waals surface area contributed by atoms with Gasteiger partial charge in [0, 0.05) is 30.5 Å². The zero-order chi connectivity index (χ0) is 20.1. The van der Waals surface area contributed by atoms with Crippen molar-refractivity contribution in [2.45, 2.75) is 50.1 Å². The quantitative estimate of drug-likeness (QED) is 0.599. The van der Waals surface area contributed by atoms with E-state index >= 15 is 0 Å². The first-order valence-electron chi connectivity index (χ1n) is 9.74. The number of carboxylic acids is 1. The van der Waals surface area contributed by atoms with E-state index in [0.29, 0.717) is 31.0 Å². The maximum atomic E-state index is 12.8. The fraction of sp³-hybridized carbons (Fsp3) is 0.550. The lowest BCUT2D eigenvalue weighted by Crippen LogP contribution is -2.44. The van der Waals surface area contributed by atoms with Gasteiger partial charge < -0.3 is 20.6 Å². The van der Waals surface area contributed by atoms with Crippen LogP contribution in [0.15, 0.2) is 24.3 Å². The Morgan fingerprint density at radius 3 is 2.55 bits per heavy atom. The van der Waals surface area contributed by atoms with Crippen LogP contribution in [0.4, 0.5) is 0 Å². The molecule has 2 fully saturated rings. The van der Waals surface area contributed by atoms with Crippen molar-refractivity contribution in [2.75, 3.05) is 19.6 Å². The van der Waals surface area contributed by atoms with Crippen molar-refractivity contribution in [3.8, 4) is 0 Å². The Morgan fingerprint density at radius 2 is 1.93 bits per heavy atom. The summed E-state index contributed by atoms with van der Waals surface area (Å²) in [5.74, 6) is -1.47. The summed E-state index contributed by atoms with van der Waals surface area (Å²) in [6.45, 7) is 1.61. The molecule has 0 bridgehead atoms. The van der Waals surface area contributed by atoms with Crippen molar-refractivity contribution in [1.82, 2.24) is 15.5 Å². The summed E-state index contributed by atoms with van der Waals surface area (Å²) in [4.78, 5) is 38.0. The van der Waals surface area contributed by atoms with E-state index in [1.165, 1.54) is 4.90 Å². The molecule has 0 aromatic heterocycles. The van der Waals surface area contributed by atoms with Gasteiger partial charge in [-0.25, -0.2) is 4.79 Å². The van der Waals surface area contributed by atoms with Crippen molar-refractivity contribution < 1.29 is 19.5 Å². The minimum Gasteiger partial charge on any atom is -0.480 e. The number of hydrogen-bond donors (Lipinski definition) is 3. The summed E-state index contributed by atoms with van der Waals surface area (Å²) in [5, 5.41) is 16.0. The van der Waals surface area contributed by atoms with Crippen LogP contribution in [0.5, 0.6) is 0 Å². The standard InChI is InChI=1S/C20H26ClN3O4.ClH/c21-15-7-5-13(6-8-15)14(12-23-19(26)16-3-1-9-22-16)11-18(25)24-10-2-4-17(24)20(27)28;/h5-8,14,16-17,22H,1-4,9-12H2,(H,23,26)(H,27,28);1H/t14-,16-,17-;/m0./s1. The lowest BCUT2D eigenvalue weighted by atomic mass is 9.94. The molecule has 2 amide bonds. The molecule has 3 rings (SSSR count). The van der Waals surface area contributed by atoms with Crippen LogP contribution in [0.3, 0.4) is 0 Å². The number of amides is 2. The molecule has 2 heterocycles. The summed E-state index contributed by atoms with van der Waals surface area (Å²) < 4.78 is 0. The molecule has 2 aliphatic rings. The Bertz CT molecular complexity index is 723. The largest absolute Gasteiger partial charge is 0.480 e. The third kappa shape index (κ3) is 6.07. The zero-order valence-electron chi connectivity index (χ0n) is 16.1. The fourth-order valence-electron chi connectivity index (χ4n) is 3.95. The van der Waals surface area contributed by atoms with E-state index in [4.69, 9.17) is 11.6 Å². The van der Waals surface area contributed by atoms with E-state index in [1.807, 2.05) is 12.1 Å². The number of benzene rings is 1. The molecule has 0 aliphatic carbocycles. The van der Waals surface area contributed by atoms with Crippen molar-refractivity contribution >= 4 is 41.8 Å². The molecule has 160 valence electrons. The number of halogens is 2. The molecule has 9 heteroatoms. The van der Waals surface area contributed by atoms with Gasteiger partial charge in [-0.15, -0.1) is 12.4 Å². The molecule has 2 aliphatic heterocycles. The molecule has 0 radical (unpaired) electrons. The average Bonchev–Trinajstić information content (AvgIpc) is 3.37. The van der Waals surface area contributed by atoms with Gasteiger partial charge in [0.1, 0.15) is 6.04 Å². The fourth-order valence-corrected chi connectivity index (χ4v) is 4.07. The Labute approximate surface area is 181 Å². The predicted molar refractivity (Wildman–Crippen MR) is 112 cm³/mol. The second kappa shape index (κ2) is 10.8. The van der Waals surface area contributed by atoms with E-state index in [0.717, 1.165) is 24.9 Å². The highest BCUT2D eigenvalue weighted by Gasteiger charge is 2.35. The smallest absolute Gasteiger partial charge is 0.326 e. The van der Waals surface area contributed by atoms with Gasteiger partial charge in [0.15, 0.2) is 0 Å². The lowest BCUT2D eigenvalue weighted by Gasteiger charge is -2.25. The number of carbonyl (C=O) groups excluding carboxylic acids is 2. The number of likely N-dealkylation sites (tertiary alicyclic amines) is 1. The van der Waals surface area contributed by atoms with Gasteiger partial charge in [0.05, 0.1) is 6.04 Å². The SMILES string of the molecule is Cl.O=C(NC[C@H](CC(=O)N1CCC[C@H]1C(=O)O)c1ccc(Cl)cc1)[C@@H]1CCCN1. The second-order valence-corrected chi connectivity index (χ2v) is 7.87. The Morgan fingerprint density at radius 1 is 1.21 bits per heavy atom. The summed E-state index contributed by atoms with van der Waals surface area (Å²) in [7, 11) is 0. The topological polar surface area (TPSA) is 98.7 Å². The molecule has 2 saturated heterocycles. The highest BCUT2D eigenvalue weighted by Crippen LogP contribution is 2.25. The summed E-state index contributed by atoms with van der Waals surface area (Å²) in [6, 6.07) is 6.26. The number of rotatable bonds is 7. The highest BCUT2D eigenvalue weighted by atomic mass is 35.5. The third-order valence-corrected chi connectivity index (χ3v) is 5.77. The molecule has 0 unspecified atom stereocenters. The van der Waals surface area contributed by atoms with Crippen molar-refractivity contribution in [3.63, 3.8) is 0 Å². The van der Waals surface area contributed by atoms with Crippen LogP contribution in [0.25, 0.3) is 0 Å². The van der Waals surface area contributed by atoms with E-state index in [2.05, 4.69) is 10.6 Å². The van der Waals surface area contributed by atoms with Crippen LogP contribution in [-0.2, 0) is 14.4 Å². The van der Waals surface area contributed by atoms with Crippen LogP contribution in [0.2, 0.25) is 5.02 Å². The Hall–Kier alpha value is -1.83. The van der Waals surface area contributed by atoms with E-state index in [1.54, 1.807) is 12.1 Å². The molecule has 3 N–H and O–H groups in total. The van der Waals surface area contributed by atoms with E-state index in [-0.39, 0.29) is 42.6 Å². The van der Waals surface area contributed by atoms with Gasteiger partial charge >= 0.3 is 5.97 Å². The first-order valence-corrected chi connectivity index (χ1v) is 10.1. The van der Waals surface area contributed by atoms with Crippen LogP contribution in [-0.4, -0.2) is 59.5 Å². The Balaban J connectivity index is 0.00000300. The molecular weight excluding hydrogens is 417 g/mol. The summed E-state index contributed by atoms with van der Waals surface area (Å²) in [6.07, 6.45) is 3.10. The average molecular weight is 444 g/mol. The highest BCUT2D eigenvalue weighted by molar-refractivity contribution is 6.30. The predicted octanol–water partition coefficient (Wildman–Crippen LogP) is 2.18. The van der Waals surface area contributed by atoms with Gasteiger partial charge in [0.25, 0.3) is 0 Å². The van der Waals surface area contributed by atoms with Gasteiger partial charge in [-0.1, -0.05) is 23.7 Å². The number of hydrogen-bond acceptors (Lipinski definition) is 4. The molecule has 29 heavy (non-hydrogen) atoms. The molecule has 1 aromatic rings.